The molecule has 2 heterocycles. The van der Waals surface area contributed by atoms with E-state index in [1.54, 1.807) is 0 Å². The molecule has 0 saturated heterocycles. The Bertz CT molecular complexity index is 917. The van der Waals surface area contributed by atoms with Crippen LogP contribution in [0.4, 0.5) is 11.5 Å². The number of carbonyl (C=O) groups is 1. The van der Waals surface area contributed by atoms with Crippen molar-refractivity contribution in [3.05, 3.63) is 24.5 Å². The lowest BCUT2D eigenvalue weighted by Gasteiger charge is -2.12. The Labute approximate surface area is 146 Å². The summed E-state index contributed by atoms with van der Waals surface area (Å²) in [5.74, 6) is 0.130. The van der Waals surface area contributed by atoms with Gasteiger partial charge >= 0.3 is 5.97 Å². The van der Waals surface area contributed by atoms with Gasteiger partial charge in [-0.3, -0.25) is 4.79 Å². The Morgan fingerprint density at radius 1 is 1.32 bits per heavy atom. The fourth-order valence-electron chi connectivity index (χ4n) is 2.87. The van der Waals surface area contributed by atoms with Gasteiger partial charge in [-0.1, -0.05) is 13.3 Å². The first-order valence-corrected chi connectivity index (χ1v) is 8.38. The van der Waals surface area contributed by atoms with E-state index in [4.69, 9.17) is 10.5 Å². The summed E-state index contributed by atoms with van der Waals surface area (Å²) in [6, 6.07) is 6.02. The van der Waals surface area contributed by atoms with Gasteiger partial charge in [-0.15, -0.1) is 0 Å². The lowest BCUT2D eigenvalue weighted by molar-refractivity contribution is -0.144. The van der Waals surface area contributed by atoms with Crippen LogP contribution in [0.15, 0.2) is 24.5 Å². The van der Waals surface area contributed by atoms with Gasteiger partial charge in [-0.05, 0) is 24.6 Å². The maximum Gasteiger partial charge on any atom is 0.326 e. The van der Waals surface area contributed by atoms with E-state index >= 15 is 0 Å². The zero-order chi connectivity index (χ0) is 18.0. The molecule has 3 aromatic rings. The third kappa shape index (κ3) is 3.22. The Morgan fingerprint density at radius 3 is 2.84 bits per heavy atom. The lowest BCUT2D eigenvalue weighted by Crippen LogP contribution is -2.14. The summed E-state index contributed by atoms with van der Waals surface area (Å²) in [5, 5.41) is 1.70. The van der Waals surface area contributed by atoms with E-state index in [9.17, 15) is 4.79 Å². The van der Waals surface area contributed by atoms with Gasteiger partial charge in [0.25, 0.3) is 0 Å². The molecule has 0 aliphatic carbocycles. The monoisotopic (exact) mass is 341 g/mol. The second kappa shape index (κ2) is 6.96. The molecule has 0 aliphatic rings. The van der Waals surface area contributed by atoms with Crippen molar-refractivity contribution in [2.24, 2.45) is 0 Å². The predicted molar refractivity (Wildman–Crippen MR) is 99.6 cm³/mol. The number of ether oxygens (including phenoxy) is 1. The number of hydrogen-bond acceptors (Lipinski definition) is 6. The second-order valence-corrected chi connectivity index (χ2v) is 6.21. The van der Waals surface area contributed by atoms with Crippen LogP contribution in [0.3, 0.4) is 0 Å². The van der Waals surface area contributed by atoms with Crippen LogP contribution in [-0.4, -0.2) is 41.2 Å². The van der Waals surface area contributed by atoms with Gasteiger partial charge < -0.3 is 19.9 Å². The van der Waals surface area contributed by atoms with Crippen LogP contribution in [0.25, 0.3) is 21.9 Å². The average molecular weight is 341 g/mol. The number of carbonyl (C=O) groups excluding carboxylic acids is 1. The molecule has 132 valence electrons. The molecule has 0 amide bonds. The van der Waals surface area contributed by atoms with Crippen LogP contribution in [0.2, 0.25) is 0 Å². The minimum absolute atomic E-state index is 0.0987. The van der Waals surface area contributed by atoms with Crippen molar-refractivity contribution < 1.29 is 9.53 Å². The van der Waals surface area contributed by atoms with Gasteiger partial charge in [0.2, 0.25) is 0 Å². The summed E-state index contributed by atoms with van der Waals surface area (Å²) in [6.07, 6.45) is 3.27. The van der Waals surface area contributed by atoms with E-state index in [0.717, 1.165) is 34.8 Å². The van der Waals surface area contributed by atoms with Crippen LogP contribution in [0, 0.1) is 0 Å². The maximum absolute atomic E-state index is 12.2. The molecule has 3 rings (SSSR count). The summed E-state index contributed by atoms with van der Waals surface area (Å²) in [6.45, 7) is 2.60. The number of esters is 1. The highest BCUT2D eigenvalue weighted by molar-refractivity contribution is 6.12. The van der Waals surface area contributed by atoms with Crippen LogP contribution >= 0.6 is 0 Å². The quantitative estimate of drug-likeness (QED) is 0.548. The molecule has 1 aromatic carbocycles. The number of rotatable bonds is 6. The zero-order valence-electron chi connectivity index (χ0n) is 14.8. The summed E-state index contributed by atoms with van der Waals surface area (Å²) in [7, 11) is 3.95. The number of hydrogen-bond donors (Lipinski definition) is 1. The van der Waals surface area contributed by atoms with E-state index in [1.165, 1.54) is 6.33 Å². The first-order chi connectivity index (χ1) is 12.0. The number of aromatic nitrogens is 3. The molecular weight excluding hydrogens is 318 g/mol. The summed E-state index contributed by atoms with van der Waals surface area (Å²) < 4.78 is 7.15. The fourth-order valence-corrected chi connectivity index (χ4v) is 2.87. The molecule has 2 aromatic heterocycles. The van der Waals surface area contributed by atoms with Gasteiger partial charge in [0, 0.05) is 25.2 Å². The molecule has 7 nitrogen and oxygen atoms in total. The van der Waals surface area contributed by atoms with Crippen LogP contribution < -0.4 is 10.6 Å². The molecule has 0 aliphatic heterocycles. The normalized spacial score (nSPS) is 11.2. The van der Waals surface area contributed by atoms with Crippen molar-refractivity contribution in [2.45, 2.75) is 26.3 Å². The minimum Gasteiger partial charge on any atom is -0.464 e. The number of nitrogens with two attached hydrogens (primary N) is 1. The van der Waals surface area contributed by atoms with Gasteiger partial charge in [-0.2, -0.15) is 0 Å². The smallest absolute Gasteiger partial charge is 0.326 e. The summed E-state index contributed by atoms with van der Waals surface area (Å²) in [5.41, 5.74) is 8.67. The SMILES string of the molecule is CCCCOC(=O)Cn1c2ccc(N(C)C)cc2c2c(N)ncnc21. The third-order valence-electron chi connectivity index (χ3n) is 4.22. The van der Waals surface area contributed by atoms with Crippen molar-refractivity contribution in [3.63, 3.8) is 0 Å². The number of fused-ring (bicyclic) bond motifs is 3. The Morgan fingerprint density at radius 2 is 2.12 bits per heavy atom. The third-order valence-corrected chi connectivity index (χ3v) is 4.22. The maximum atomic E-state index is 12.2. The fraction of sp³-hybridized carbons (Fsp3) is 0.389. The van der Waals surface area contributed by atoms with Gasteiger partial charge in [0.05, 0.1) is 17.5 Å². The molecule has 0 radical (unpaired) electrons. The topological polar surface area (TPSA) is 86.3 Å². The second-order valence-electron chi connectivity index (χ2n) is 6.21. The number of nitrogens with zero attached hydrogens (tertiary/aromatic N) is 4. The minimum atomic E-state index is -0.277. The van der Waals surface area contributed by atoms with Crippen molar-refractivity contribution in [2.75, 3.05) is 31.3 Å². The van der Waals surface area contributed by atoms with Crippen molar-refractivity contribution in [3.8, 4) is 0 Å². The highest BCUT2D eigenvalue weighted by atomic mass is 16.5. The lowest BCUT2D eigenvalue weighted by atomic mass is 10.2. The molecule has 0 unspecified atom stereocenters. The first kappa shape index (κ1) is 17.0. The number of anilines is 2. The van der Waals surface area contributed by atoms with Crippen LogP contribution in [0.1, 0.15) is 19.8 Å². The number of unbranched alkanes of at least 4 members (excludes halogenated alkanes) is 1. The molecule has 0 atom stereocenters. The molecule has 0 spiro atoms. The Balaban J connectivity index is 2.10. The van der Waals surface area contributed by atoms with Gasteiger partial charge in [0.1, 0.15) is 24.3 Å². The van der Waals surface area contributed by atoms with E-state index in [1.807, 2.05) is 41.8 Å². The van der Waals surface area contributed by atoms with Crippen molar-refractivity contribution in [1.82, 2.24) is 14.5 Å². The predicted octanol–water partition coefficient (Wildman–Crippen LogP) is 2.58. The van der Waals surface area contributed by atoms with E-state index in [0.29, 0.717) is 18.1 Å². The van der Waals surface area contributed by atoms with Crippen LogP contribution in [-0.2, 0) is 16.1 Å². The Hall–Kier alpha value is -2.83. The Kier molecular flexibility index (Phi) is 4.74. The standard InChI is InChI=1S/C18H23N5O2/c1-4-5-8-25-15(24)10-23-14-7-6-12(22(2)3)9-13(14)16-17(19)20-11-21-18(16)23/h6-7,9,11H,4-5,8,10H2,1-3H3,(H2,19,20,21). The molecule has 7 heteroatoms. The number of benzene rings is 1. The first-order valence-electron chi connectivity index (χ1n) is 8.38. The summed E-state index contributed by atoms with van der Waals surface area (Å²) >= 11 is 0. The largest absolute Gasteiger partial charge is 0.464 e. The van der Waals surface area contributed by atoms with Crippen LogP contribution in [0.5, 0.6) is 0 Å². The van der Waals surface area contributed by atoms with E-state index in [-0.39, 0.29) is 12.5 Å². The highest BCUT2D eigenvalue weighted by Crippen LogP contribution is 2.33. The van der Waals surface area contributed by atoms with E-state index in [2.05, 4.69) is 16.9 Å². The highest BCUT2D eigenvalue weighted by Gasteiger charge is 2.18. The molecule has 0 bridgehead atoms. The van der Waals surface area contributed by atoms with Crippen molar-refractivity contribution >= 4 is 39.4 Å². The molecule has 0 saturated carbocycles. The van der Waals surface area contributed by atoms with Crippen molar-refractivity contribution in [1.29, 1.82) is 0 Å². The van der Waals surface area contributed by atoms with Gasteiger partial charge in [-0.25, -0.2) is 9.97 Å². The molecular formula is C18H23N5O2. The number of nitrogen functional groups attached to an aromatic ring is 1. The summed E-state index contributed by atoms with van der Waals surface area (Å²) in [4.78, 5) is 22.7. The van der Waals surface area contributed by atoms with Gasteiger partial charge in [0.15, 0.2) is 0 Å². The van der Waals surface area contributed by atoms with E-state index < -0.39 is 0 Å². The molecule has 0 fully saturated rings. The zero-order valence-corrected chi connectivity index (χ0v) is 14.8. The molecule has 25 heavy (non-hydrogen) atoms. The average Bonchev–Trinajstić information content (AvgIpc) is 2.89. The molecule has 2 N–H and O–H groups in total.